The van der Waals surface area contributed by atoms with Crippen LogP contribution in [0.4, 0.5) is 0 Å². The predicted octanol–water partition coefficient (Wildman–Crippen LogP) is 1.56. The van der Waals surface area contributed by atoms with Gasteiger partial charge in [-0.25, -0.2) is 4.68 Å². The summed E-state index contributed by atoms with van der Waals surface area (Å²) in [6.07, 6.45) is 3.08. The van der Waals surface area contributed by atoms with E-state index in [1.165, 1.54) is 22.4 Å². The molecule has 1 amide bonds. The molecule has 0 N–H and O–H groups in total. The van der Waals surface area contributed by atoms with Crippen LogP contribution in [-0.2, 0) is 13.5 Å². The van der Waals surface area contributed by atoms with Gasteiger partial charge in [0.15, 0.2) is 0 Å². The first-order valence-electron chi connectivity index (χ1n) is 9.12. The normalized spacial score (nSPS) is 17.5. The Morgan fingerprint density at radius 3 is 2.73 bits per heavy atom. The fraction of sp³-hybridized carbons (Fsp3) is 0.450. The van der Waals surface area contributed by atoms with Crippen LogP contribution in [0.2, 0.25) is 0 Å². The zero-order chi connectivity index (χ0) is 18.5. The summed E-state index contributed by atoms with van der Waals surface area (Å²) in [7, 11) is 3.70. The molecule has 1 atom stereocenters. The van der Waals surface area contributed by atoms with E-state index in [9.17, 15) is 9.59 Å². The predicted molar refractivity (Wildman–Crippen MR) is 101 cm³/mol. The van der Waals surface area contributed by atoms with Crippen molar-refractivity contribution in [3.8, 4) is 0 Å². The summed E-state index contributed by atoms with van der Waals surface area (Å²) in [5, 5.41) is 4.09. The molecule has 0 radical (unpaired) electrons. The first-order chi connectivity index (χ1) is 12.5. The van der Waals surface area contributed by atoms with Crippen molar-refractivity contribution in [3.05, 3.63) is 64.1 Å². The quantitative estimate of drug-likeness (QED) is 0.818. The Bertz CT molecular complexity index is 803. The standard InChI is InChI=1S/C20H26N4O2/c1-22(14-12-16-7-4-3-5-8-16)17-9-6-13-24(15-17)20(26)18-10-11-19(25)23(2)21-18/h3-5,7-8,10-11,17H,6,9,12-15H2,1-2H3. The fourth-order valence-corrected chi connectivity index (χ4v) is 3.41. The first-order valence-corrected chi connectivity index (χ1v) is 9.12. The SMILES string of the molecule is CN(CCc1ccccc1)C1CCCN(C(=O)c2ccc(=O)n(C)n2)C1. The maximum Gasteiger partial charge on any atom is 0.274 e. The van der Waals surface area contributed by atoms with Crippen molar-refractivity contribution >= 4 is 5.91 Å². The number of nitrogens with zero attached hydrogens (tertiary/aromatic N) is 4. The van der Waals surface area contributed by atoms with E-state index >= 15 is 0 Å². The molecule has 1 aliphatic rings. The summed E-state index contributed by atoms with van der Waals surface area (Å²) in [4.78, 5) is 28.4. The fourth-order valence-electron chi connectivity index (χ4n) is 3.41. The lowest BCUT2D eigenvalue weighted by molar-refractivity contribution is 0.0603. The molecule has 1 aromatic carbocycles. The summed E-state index contributed by atoms with van der Waals surface area (Å²) in [6, 6.07) is 13.7. The summed E-state index contributed by atoms with van der Waals surface area (Å²) < 4.78 is 1.21. The van der Waals surface area contributed by atoms with Gasteiger partial charge in [-0.2, -0.15) is 5.10 Å². The van der Waals surface area contributed by atoms with Crippen LogP contribution in [0.25, 0.3) is 0 Å². The second-order valence-electron chi connectivity index (χ2n) is 6.94. The van der Waals surface area contributed by atoms with E-state index in [2.05, 4.69) is 41.3 Å². The van der Waals surface area contributed by atoms with Crippen LogP contribution in [0.5, 0.6) is 0 Å². The number of likely N-dealkylation sites (tertiary alicyclic amines) is 1. The van der Waals surface area contributed by atoms with Crippen molar-refractivity contribution in [2.24, 2.45) is 7.05 Å². The monoisotopic (exact) mass is 354 g/mol. The van der Waals surface area contributed by atoms with Gasteiger partial charge >= 0.3 is 0 Å². The highest BCUT2D eigenvalue weighted by molar-refractivity contribution is 5.92. The van der Waals surface area contributed by atoms with Gasteiger partial charge < -0.3 is 9.80 Å². The van der Waals surface area contributed by atoms with Crippen LogP contribution < -0.4 is 5.56 Å². The van der Waals surface area contributed by atoms with E-state index in [4.69, 9.17) is 0 Å². The van der Waals surface area contributed by atoms with Gasteiger partial charge in [0, 0.05) is 38.8 Å². The summed E-state index contributed by atoms with van der Waals surface area (Å²) in [5.41, 5.74) is 1.45. The molecule has 2 heterocycles. The highest BCUT2D eigenvalue weighted by Crippen LogP contribution is 2.17. The number of aromatic nitrogens is 2. The molecular weight excluding hydrogens is 328 g/mol. The molecule has 1 aromatic heterocycles. The topological polar surface area (TPSA) is 58.4 Å². The van der Waals surface area contributed by atoms with Crippen LogP contribution in [0, 0.1) is 0 Å². The number of benzene rings is 1. The van der Waals surface area contributed by atoms with E-state index in [1.807, 2.05) is 11.0 Å². The number of hydrogen-bond acceptors (Lipinski definition) is 4. The summed E-state index contributed by atoms with van der Waals surface area (Å²) in [6.45, 7) is 2.41. The lowest BCUT2D eigenvalue weighted by Crippen LogP contribution is -2.49. The highest BCUT2D eigenvalue weighted by atomic mass is 16.2. The van der Waals surface area contributed by atoms with Crippen LogP contribution in [0.3, 0.4) is 0 Å². The summed E-state index contributed by atoms with van der Waals surface area (Å²) in [5.74, 6) is -0.0956. The lowest BCUT2D eigenvalue weighted by Gasteiger charge is -2.37. The summed E-state index contributed by atoms with van der Waals surface area (Å²) >= 11 is 0. The molecule has 6 heteroatoms. The number of piperidine rings is 1. The molecule has 26 heavy (non-hydrogen) atoms. The molecule has 1 saturated heterocycles. The number of amides is 1. The molecule has 1 unspecified atom stereocenters. The molecule has 0 aliphatic carbocycles. The molecule has 138 valence electrons. The van der Waals surface area contributed by atoms with Gasteiger partial charge in [-0.3, -0.25) is 9.59 Å². The molecule has 2 aromatic rings. The molecule has 6 nitrogen and oxygen atoms in total. The van der Waals surface area contributed by atoms with Gasteiger partial charge in [-0.1, -0.05) is 30.3 Å². The molecular formula is C20H26N4O2. The third-order valence-corrected chi connectivity index (χ3v) is 5.08. The van der Waals surface area contributed by atoms with E-state index in [0.29, 0.717) is 18.3 Å². The van der Waals surface area contributed by atoms with Gasteiger partial charge in [-0.15, -0.1) is 0 Å². The second-order valence-corrected chi connectivity index (χ2v) is 6.94. The zero-order valence-corrected chi connectivity index (χ0v) is 15.5. The van der Waals surface area contributed by atoms with E-state index in [-0.39, 0.29) is 11.5 Å². The molecule has 0 saturated carbocycles. The smallest absolute Gasteiger partial charge is 0.274 e. The second kappa shape index (κ2) is 8.27. The third-order valence-electron chi connectivity index (χ3n) is 5.08. The Balaban J connectivity index is 1.60. The maximum absolute atomic E-state index is 12.7. The van der Waals surface area contributed by atoms with Crippen molar-refractivity contribution in [2.45, 2.75) is 25.3 Å². The highest BCUT2D eigenvalue weighted by Gasteiger charge is 2.27. The van der Waals surface area contributed by atoms with Crippen LogP contribution in [-0.4, -0.2) is 58.2 Å². The minimum atomic E-state index is -0.210. The largest absolute Gasteiger partial charge is 0.336 e. The minimum absolute atomic E-state index is 0.0956. The molecule has 1 fully saturated rings. The van der Waals surface area contributed by atoms with Gasteiger partial charge in [0.2, 0.25) is 0 Å². The van der Waals surface area contributed by atoms with Crippen molar-refractivity contribution < 1.29 is 4.79 Å². The minimum Gasteiger partial charge on any atom is -0.336 e. The van der Waals surface area contributed by atoms with Gasteiger partial charge in [0.1, 0.15) is 5.69 Å². The number of rotatable bonds is 5. The van der Waals surface area contributed by atoms with Crippen molar-refractivity contribution in [2.75, 3.05) is 26.7 Å². The van der Waals surface area contributed by atoms with Crippen LogP contribution in [0.1, 0.15) is 28.9 Å². The van der Waals surface area contributed by atoms with E-state index < -0.39 is 0 Å². The Kier molecular flexibility index (Phi) is 5.83. The number of hydrogen-bond donors (Lipinski definition) is 0. The van der Waals surface area contributed by atoms with E-state index in [0.717, 1.165) is 32.4 Å². The van der Waals surface area contributed by atoms with Gasteiger partial charge in [0.25, 0.3) is 11.5 Å². The van der Waals surface area contributed by atoms with Crippen molar-refractivity contribution in [3.63, 3.8) is 0 Å². The Labute approximate surface area is 154 Å². The maximum atomic E-state index is 12.7. The average molecular weight is 354 g/mol. The Morgan fingerprint density at radius 2 is 2.00 bits per heavy atom. The van der Waals surface area contributed by atoms with Crippen molar-refractivity contribution in [1.82, 2.24) is 19.6 Å². The van der Waals surface area contributed by atoms with Gasteiger partial charge in [0.05, 0.1) is 0 Å². The number of aryl methyl sites for hydroxylation is 1. The number of carbonyl (C=O) groups is 1. The van der Waals surface area contributed by atoms with Crippen LogP contribution in [0.15, 0.2) is 47.3 Å². The number of likely N-dealkylation sites (N-methyl/N-ethyl adjacent to an activating group) is 1. The molecule has 0 bridgehead atoms. The first kappa shape index (κ1) is 18.3. The van der Waals surface area contributed by atoms with E-state index in [1.54, 1.807) is 7.05 Å². The van der Waals surface area contributed by atoms with Crippen molar-refractivity contribution in [1.29, 1.82) is 0 Å². The van der Waals surface area contributed by atoms with Gasteiger partial charge in [-0.05, 0) is 37.9 Å². The Morgan fingerprint density at radius 1 is 1.23 bits per heavy atom. The Hall–Kier alpha value is -2.47. The number of carbonyl (C=O) groups excluding carboxylic acids is 1. The lowest BCUT2D eigenvalue weighted by atomic mass is 10.0. The average Bonchev–Trinajstić information content (AvgIpc) is 2.68. The zero-order valence-electron chi connectivity index (χ0n) is 15.5. The third kappa shape index (κ3) is 4.38. The molecule has 1 aliphatic heterocycles. The van der Waals surface area contributed by atoms with Crippen LogP contribution >= 0.6 is 0 Å². The molecule has 3 rings (SSSR count). The molecule has 0 spiro atoms.